The molecule has 2 rings (SSSR count). The Morgan fingerprint density at radius 3 is 2.69 bits per heavy atom. The predicted octanol–water partition coefficient (Wildman–Crippen LogP) is 2.20. The minimum Gasteiger partial charge on any atom is -0.486 e. The van der Waals surface area contributed by atoms with E-state index in [9.17, 15) is 0 Å². The van der Waals surface area contributed by atoms with Gasteiger partial charge in [0.2, 0.25) is 0 Å². The molecule has 16 heavy (non-hydrogen) atoms. The zero-order valence-electron chi connectivity index (χ0n) is 9.85. The Labute approximate surface area is 96.5 Å². The summed E-state index contributed by atoms with van der Waals surface area (Å²) in [6, 6.07) is 7.76. The van der Waals surface area contributed by atoms with Crippen molar-refractivity contribution < 1.29 is 9.47 Å². The number of hydrogen-bond donors (Lipinski definition) is 1. The fraction of sp³-hybridized carbons (Fsp3) is 0.538. The van der Waals surface area contributed by atoms with E-state index in [2.05, 4.69) is 13.8 Å². The first-order chi connectivity index (χ1) is 7.66. The van der Waals surface area contributed by atoms with Crippen LogP contribution in [0.1, 0.15) is 20.3 Å². The fourth-order valence-corrected chi connectivity index (χ4v) is 1.94. The molecule has 0 aromatic heterocycles. The molecule has 1 aromatic rings. The first-order valence-corrected chi connectivity index (χ1v) is 5.81. The number of ether oxygens (including phenoxy) is 2. The van der Waals surface area contributed by atoms with Crippen molar-refractivity contribution >= 4 is 0 Å². The second kappa shape index (κ2) is 4.74. The monoisotopic (exact) mass is 221 g/mol. The van der Waals surface area contributed by atoms with Crippen molar-refractivity contribution in [1.29, 1.82) is 0 Å². The molecule has 88 valence electrons. The zero-order chi connectivity index (χ0) is 11.5. The van der Waals surface area contributed by atoms with E-state index in [1.807, 2.05) is 24.3 Å². The minimum atomic E-state index is -0.0303. The number of fused-ring (bicyclic) bond motifs is 1. The average Bonchev–Trinajstić information content (AvgIpc) is 2.27. The summed E-state index contributed by atoms with van der Waals surface area (Å²) >= 11 is 0. The van der Waals surface area contributed by atoms with Crippen molar-refractivity contribution in [3.05, 3.63) is 24.3 Å². The third kappa shape index (κ3) is 2.47. The molecule has 1 aliphatic heterocycles. The van der Waals surface area contributed by atoms with Crippen LogP contribution in [0.25, 0.3) is 0 Å². The predicted molar refractivity (Wildman–Crippen MR) is 63.8 cm³/mol. The van der Waals surface area contributed by atoms with Gasteiger partial charge in [0.15, 0.2) is 11.5 Å². The van der Waals surface area contributed by atoms with Crippen LogP contribution in [0.2, 0.25) is 0 Å². The lowest BCUT2D eigenvalue weighted by atomic mass is 10.00. The molecule has 2 N–H and O–H groups in total. The van der Waals surface area contributed by atoms with Crippen molar-refractivity contribution in [1.82, 2.24) is 0 Å². The molecule has 0 aliphatic carbocycles. The van der Waals surface area contributed by atoms with Crippen molar-refractivity contribution in [3.63, 3.8) is 0 Å². The Kier molecular flexibility index (Phi) is 3.34. The standard InChI is InChI=1S/C13H19NO2/c1-9(2)7-10(14)13-8-15-11-5-3-4-6-12(11)16-13/h3-6,9-10,13H,7-8,14H2,1-2H3. The van der Waals surface area contributed by atoms with E-state index in [0.717, 1.165) is 17.9 Å². The molecule has 1 heterocycles. The quantitative estimate of drug-likeness (QED) is 0.851. The third-order valence-corrected chi connectivity index (χ3v) is 2.75. The number of hydrogen-bond acceptors (Lipinski definition) is 3. The second-order valence-corrected chi connectivity index (χ2v) is 4.71. The lowest BCUT2D eigenvalue weighted by Gasteiger charge is -2.31. The van der Waals surface area contributed by atoms with Crippen molar-refractivity contribution in [3.8, 4) is 11.5 Å². The SMILES string of the molecule is CC(C)CC(N)C1COc2ccccc2O1. The Bertz CT molecular complexity index is 352. The summed E-state index contributed by atoms with van der Waals surface area (Å²) < 4.78 is 11.5. The van der Waals surface area contributed by atoms with Crippen LogP contribution in [-0.2, 0) is 0 Å². The highest BCUT2D eigenvalue weighted by Crippen LogP contribution is 2.31. The summed E-state index contributed by atoms with van der Waals surface area (Å²) in [5.41, 5.74) is 6.10. The Morgan fingerprint density at radius 1 is 1.31 bits per heavy atom. The van der Waals surface area contributed by atoms with Gasteiger partial charge in [-0.05, 0) is 24.5 Å². The largest absolute Gasteiger partial charge is 0.486 e. The van der Waals surface area contributed by atoms with Crippen LogP contribution < -0.4 is 15.2 Å². The maximum Gasteiger partial charge on any atom is 0.161 e. The highest BCUT2D eigenvalue weighted by molar-refractivity contribution is 5.40. The van der Waals surface area contributed by atoms with Gasteiger partial charge in [-0.25, -0.2) is 0 Å². The van der Waals surface area contributed by atoms with Gasteiger partial charge in [-0.2, -0.15) is 0 Å². The van der Waals surface area contributed by atoms with Gasteiger partial charge in [0, 0.05) is 6.04 Å². The van der Waals surface area contributed by atoms with Gasteiger partial charge < -0.3 is 15.2 Å². The first-order valence-electron chi connectivity index (χ1n) is 5.81. The number of nitrogens with two attached hydrogens (primary N) is 1. The average molecular weight is 221 g/mol. The third-order valence-electron chi connectivity index (χ3n) is 2.75. The Hall–Kier alpha value is -1.22. The fourth-order valence-electron chi connectivity index (χ4n) is 1.94. The maximum absolute atomic E-state index is 6.10. The van der Waals surface area contributed by atoms with Crippen LogP contribution in [0.3, 0.4) is 0 Å². The smallest absolute Gasteiger partial charge is 0.161 e. The molecular formula is C13H19NO2. The van der Waals surface area contributed by atoms with E-state index < -0.39 is 0 Å². The van der Waals surface area contributed by atoms with E-state index >= 15 is 0 Å². The van der Waals surface area contributed by atoms with Crippen LogP contribution in [0.5, 0.6) is 11.5 Å². The Balaban J connectivity index is 2.02. The molecule has 0 amide bonds. The maximum atomic E-state index is 6.10. The molecule has 2 unspecified atom stereocenters. The first kappa shape index (κ1) is 11.3. The van der Waals surface area contributed by atoms with Crippen molar-refractivity contribution in [2.24, 2.45) is 11.7 Å². The molecule has 3 heteroatoms. The van der Waals surface area contributed by atoms with E-state index in [1.165, 1.54) is 0 Å². The van der Waals surface area contributed by atoms with Crippen LogP contribution in [0.15, 0.2) is 24.3 Å². The number of para-hydroxylation sites is 2. The van der Waals surface area contributed by atoms with Crippen LogP contribution in [0.4, 0.5) is 0 Å². The normalized spacial score (nSPS) is 20.9. The molecule has 0 radical (unpaired) electrons. The summed E-state index contributed by atoms with van der Waals surface area (Å²) in [5, 5.41) is 0. The van der Waals surface area contributed by atoms with E-state index in [4.69, 9.17) is 15.2 Å². The second-order valence-electron chi connectivity index (χ2n) is 4.71. The van der Waals surface area contributed by atoms with Gasteiger partial charge in [0.1, 0.15) is 12.7 Å². The molecule has 0 saturated heterocycles. The summed E-state index contributed by atoms with van der Waals surface area (Å²) in [6.07, 6.45) is 0.924. The van der Waals surface area contributed by atoms with E-state index in [0.29, 0.717) is 12.5 Å². The number of benzene rings is 1. The highest BCUT2D eigenvalue weighted by Gasteiger charge is 2.26. The lowest BCUT2D eigenvalue weighted by molar-refractivity contribution is 0.0670. The summed E-state index contributed by atoms with van der Waals surface area (Å²) in [4.78, 5) is 0. The van der Waals surface area contributed by atoms with Crippen LogP contribution >= 0.6 is 0 Å². The lowest BCUT2D eigenvalue weighted by Crippen LogP contribution is -2.45. The van der Waals surface area contributed by atoms with Gasteiger partial charge in [-0.1, -0.05) is 26.0 Å². The molecule has 3 nitrogen and oxygen atoms in total. The van der Waals surface area contributed by atoms with Gasteiger partial charge in [0.25, 0.3) is 0 Å². The summed E-state index contributed by atoms with van der Waals surface area (Å²) in [6.45, 7) is 4.87. The van der Waals surface area contributed by atoms with Gasteiger partial charge in [-0.3, -0.25) is 0 Å². The van der Waals surface area contributed by atoms with Gasteiger partial charge >= 0.3 is 0 Å². The summed E-state index contributed by atoms with van der Waals surface area (Å²) in [7, 11) is 0. The van der Waals surface area contributed by atoms with Crippen molar-refractivity contribution in [2.75, 3.05) is 6.61 Å². The van der Waals surface area contributed by atoms with E-state index in [1.54, 1.807) is 0 Å². The van der Waals surface area contributed by atoms with Crippen molar-refractivity contribution in [2.45, 2.75) is 32.4 Å². The molecule has 0 saturated carbocycles. The van der Waals surface area contributed by atoms with Crippen LogP contribution in [-0.4, -0.2) is 18.8 Å². The van der Waals surface area contributed by atoms with Gasteiger partial charge in [-0.15, -0.1) is 0 Å². The highest BCUT2D eigenvalue weighted by atomic mass is 16.6. The molecule has 0 fully saturated rings. The number of rotatable bonds is 3. The Morgan fingerprint density at radius 2 is 2.00 bits per heavy atom. The molecule has 0 spiro atoms. The molecule has 0 bridgehead atoms. The molecule has 1 aliphatic rings. The van der Waals surface area contributed by atoms with Crippen LogP contribution in [0, 0.1) is 5.92 Å². The molecular weight excluding hydrogens is 202 g/mol. The molecule has 2 atom stereocenters. The topological polar surface area (TPSA) is 44.5 Å². The molecule has 1 aromatic carbocycles. The van der Waals surface area contributed by atoms with Gasteiger partial charge in [0.05, 0.1) is 0 Å². The van der Waals surface area contributed by atoms with E-state index in [-0.39, 0.29) is 12.1 Å². The summed E-state index contributed by atoms with van der Waals surface area (Å²) in [5.74, 6) is 2.20. The zero-order valence-corrected chi connectivity index (χ0v) is 9.85. The minimum absolute atomic E-state index is 0.0303.